The molecule has 0 spiro atoms. The topological polar surface area (TPSA) is 126 Å². The third-order valence-corrected chi connectivity index (χ3v) is 3.11. The predicted molar refractivity (Wildman–Crippen MR) is 88.4 cm³/mol. The van der Waals surface area contributed by atoms with Crippen LogP contribution in [0.5, 0.6) is 0 Å². The van der Waals surface area contributed by atoms with E-state index in [1.807, 2.05) is 30.3 Å². The maximum absolute atomic E-state index is 12.4. The number of rotatable bonds is 7. The van der Waals surface area contributed by atoms with Crippen molar-refractivity contribution in [3.8, 4) is 0 Å². The summed E-state index contributed by atoms with van der Waals surface area (Å²) in [6, 6.07) is 7.55. The van der Waals surface area contributed by atoms with Gasteiger partial charge in [0.05, 0.1) is 6.42 Å². The molecule has 0 radical (unpaired) electrons. The summed E-state index contributed by atoms with van der Waals surface area (Å²) in [6.07, 6.45) is 0.100. The summed E-state index contributed by atoms with van der Waals surface area (Å²) < 4.78 is 5.37. The van der Waals surface area contributed by atoms with Crippen LogP contribution in [0.3, 0.4) is 0 Å². The number of amides is 2. The fourth-order valence-electron chi connectivity index (χ4n) is 2.04. The molecule has 0 unspecified atom stereocenters. The van der Waals surface area contributed by atoms with Crippen LogP contribution in [0.15, 0.2) is 30.3 Å². The Morgan fingerprint density at radius 1 is 1.21 bits per heavy atom. The highest BCUT2D eigenvalue weighted by Gasteiger charge is 2.30. The first kappa shape index (κ1) is 19.6. The number of primary amides is 1. The summed E-state index contributed by atoms with van der Waals surface area (Å²) >= 11 is 0. The van der Waals surface area contributed by atoms with Gasteiger partial charge in [0, 0.05) is 6.42 Å². The van der Waals surface area contributed by atoms with E-state index in [-0.39, 0.29) is 12.8 Å². The van der Waals surface area contributed by atoms with Crippen molar-refractivity contribution in [3.63, 3.8) is 0 Å². The lowest BCUT2D eigenvalue weighted by Gasteiger charge is -2.25. The van der Waals surface area contributed by atoms with Crippen LogP contribution in [0.2, 0.25) is 0 Å². The fourth-order valence-corrected chi connectivity index (χ4v) is 2.04. The Labute approximate surface area is 141 Å². The van der Waals surface area contributed by atoms with Gasteiger partial charge < -0.3 is 21.5 Å². The normalized spacial score (nSPS) is 13.7. The molecule has 6 N–H and O–H groups in total. The highest BCUT2D eigenvalue weighted by molar-refractivity contribution is 5.90. The average molecular weight is 336 g/mol. The Kier molecular flexibility index (Phi) is 6.91. The molecule has 1 aromatic rings. The monoisotopic (exact) mass is 336 g/mol. The SMILES string of the molecule is CC(C)(C)OC(=O)[C@@H](Cc1ccccc1)NC(=O)[C@H]([NH3+])CC(N)=O. The highest BCUT2D eigenvalue weighted by atomic mass is 16.6. The van der Waals surface area contributed by atoms with Crippen LogP contribution >= 0.6 is 0 Å². The van der Waals surface area contributed by atoms with Gasteiger partial charge in [-0.2, -0.15) is 0 Å². The summed E-state index contributed by atoms with van der Waals surface area (Å²) in [4.78, 5) is 35.5. The molecule has 0 saturated carbocycles. The van der Waals surface area contributed by atoms with Gasteiger partial charge in [0.15, 0.2) is 6.04 Å². The lowest BCUT2D eigenvalue weighted by Crippen LogP contribution is -2.69. The van der Waals surface area contributed by atoms with E-state index in [1.165, 1.54) is 0 Å². The Morgan fingerprint density at radius 2 is 1.79 bits per heavy atom. The van der Waals surface area contributed by atoms with Crippen molar-refractivity contribution < 1.29 is 24.9 Å². The minimum Gasteiger partial charge on any atom is -0.458 e. The van der Waals surface area contributed by atoms with Crippen LogP contribution in [0, 0.1) is 0 Å². The second-order valence-electron chi connectivity index (χ2n) is 6.65. The van der Waals surface area contributed by atoms with Gasteiger partial charge in [-0.15, -0.1) is 0 Å². The van der Waals surface area contributed by atoms with E-state index in [9.17, 15) is 14.4 Å². The first-order valence-corrected chi connectivity index (χ1v) is 7.77. The van der Waals surface area contributed by atoms with E-state index < -0.39 is 35.5 Å². The number of carbonyl (C=O) groups excluding carboxylic acids is 3. The number of esters is 1. The van der Waals surface area contributed by atoms with Crippen molar-refractivity contribution in [1.29, 1.82) is 0 Å². The zero-order chi connectivity index (χ0) is 18.3. The summed E-state index contributed by atoms with van der Waals surface area (Å²) in [7, 11) is 0. The fraction of sp³-hybridized carbons (Fsp3) is 0.471. The number of nitrogens with two attached hydrogens (primary N) is 1. The number of nitrogens with one attached hydrogen (secondary N) is 1. The smallest absolute Gasteiger partial charge is 0.329 e. The maximum Gasteiger partial charge on any atom is 0.329 e. The molecule has 7 heteroatoms. The van der Waals surface area contributed by atoms with Gasteiger partial charge in [-0.1, -0.05) is 30.3 Å². The molecule has 2 amide bonds. The molecular formula is C17H26N3O4+. The molecule has 0 fully saturated rings. The van der Waals surface area contributed by atoms with E-state index in [4.69, 9.17) is 10.5 Å². The Morgan fingerprint density at radius 3 is 2.29 bits per heavy atom. The molecule has 0 aliphatic heterocycles. The number of hydrogen-bond acceptors (Lipinski definition) is 4. The van der Waals surface area contributed by atoms with Gasteiger partial charge in [0.25, 0.3) is 5.91 Å². The minimum absolute atomic E-state index is 0.182. The summed E-state index contributed by atoms with van der Waals surface area (Å²) in [5.74, 6) is -1.67. The molecular weight excluding hydrogens is 310 g/mol. The molecule has 0 aromatic heterocycles. The quantitative estimate of drug-likeness (QED) is 0.582. The van der Waals surface area contributed by atoms with Crippen molar-refractivity contribution in [2.45, 2.75) is 51.3 Å². The third kappa shape index (κ3) is 7.23. The Hall–Kier alpha value is -2.41. The molecule has 24 heavy (non-hydrogen) atoms. The van der Waals surface area contributed by atoms with Crippen LogP contribution in [-0.2, 0) is 25.5 Å². The van der Waals surface area contributed by atoms with Crippen molar-refractivity contribution in [3.05, 3.63) is 35.9 Å². The lowest BCUT2D eigenvalue weighted by atomic mass is 10.0. The zero-order valence-corrected chi connectivity index (χ0v) is 14.4. The largest absolute Gasteiger partial charge is 0.458 e. The average Bonchev–Trinajstić information content (AvgIpc) is 2.45. The number of hydrogen-bond donors (Lipinski definition) is 3. The Balaban J connectivity index is 2.86. The predicted octanol–water partition coefficient (Wildman–Crippen LogP) is -0.458. The number of benzene rings is 1. The molecule has 0 aliphatic carbocycles. The molecule has 0 aliphatic rings. The number of carbonyl (C=O) groups is 3. The highest BCUT2D eigenvalue weighted by Crippen LogP contribution is 2.11. The van der Waals surface area contributed by atoms with Crippen LogP contribution < -0.4 is 16.8 Å². The van der Waals surface area contributed by atoms with Gasteiger partial charge in [0.2, 0.25) is 5.91 Å². The van der Waals surface area contributed by atoms with Crippen LogP contribution in [0.25, 0.3) is 0 Å². The molecule has 7 nitrogen and oxygen atoms in total. The van der Waals surface area contributed by atoms with Gasteiger partial charge in [-0.3, -0.25) is 9.59 Å². The first-order chi connectivity index (χ1) is 11.1. The molecule has 0 bridgehead atoms. The van der Waals surface area contributed by atoms with E-state index in [0.29, 0.717) is 0 Å². The minimum atomic E-state index is -0.865. The lowest BCUT2D eigenvalue weighted by molar-refractivity contribution is -0.402. The van der Waals surface area contributed by atoms with Crippen molar-refractivity contribution >= 4 is 17.8 Å². The van der Waals surface area contributed by atoms with E-state index >= 15 is 0 Å². The molecule has 0 saturated heterocycles. The second kappa shape index (κ2) is 8.44. The van der Waals surface area contributed by atoms with E-state index in [1.54, 1.807) is 20.8 Å². The van der Waals surface area contributed by atoms with Gasteiger partial charge in [-0.25, -0.2) is 4.79 Å². The second-order valence-corrected chi connectivity index (χ2v) is 6.65. The van der Waals surface area contributed by atoms with Crippen LogP contribution in [0.4, 0.5) is 0 Å². The molecule has 0 heterocycles. The van der Waals surface area contributed by atoms with E-state index in [2.05, 4.69) is 11.1 Å². The number of quaternary nitrogens is 1. The van der Waals surface area contributed by atoms with Crippen LogP contribution in [0.1, 0.15) is 32.8 Å². The van der Waals surface area contributed by atoms with Gasteiger partial charge in [0.1, 0.15) is 11.6 Å². The summed E-state index contributed by atoms with van der Waals surface area (Å²) in [6.45, 7) is 5.26. The van der Waals surface area contributed by atoms with Crippen molar-refractivity contribution in [2.24, 2.45) is 5.73 Å². The van der Waals surface area contributed by atoms with E-state index in [0.717, 1.165) is 5.56 Å². The Bertz CT molecular complexity index is 581. The standard InChI is InChI=1S/C17H25N3O4/c1-17(2,3)24-16(23)13(9-11-7-5-4-6-8-11)20-15(22)12(18)10-14(19)21/h4-8,12-13H,9-10,18H2,1-3H3,(H2,19,21)(H,20,22)/p+1/t12-,13-/m1/s1. The number of ether oxygens (including phenoxy) is 1. The summed E-state index contributed by atoms with van der Waals surface area (Å²) in [5.41, 5.74) is 8.89. The zero-order valence-electron chi connectivity index (χ0n) is 14.4. The molecule has 1 rings (SSSR count). The van der Waals surface area contributed by atoms with Gasteiger partial charge in [-0.05, 0) is 26.3 Å². The first-order valence-electron chi connectivity index (χ1n) is 7.77. The van der Waals surface area contributed by atoms with Crippen molar-refractivity contribution in [1.82, 2.24) is 5.32 Å². The molecule has 2 atom stereocenters. The third-order valence-electron chi connectivity index (χ3n) is 3.11. The van der Waals surface area contributed by atoms with Crippen molar-refractivity contribution in [2.75, 3.05) is 0 Å². The summed E-state index contributed by atoms with van der Waals surface area (Å²) in [5, 5.41) is 2.61. The molecule has 1 aromatic carbocycles. The van der Waals surface area contributed by atoms with Crippen LogP contribution in [-0.4, -0.2) is 35.5 Å². The molecule has 132 valence electrons. The van der Waals surface area contributed by atoms with Gasteiger partial charge >= 0.3 is 5.97 Å². The maximum atomic E-state index is 12.4.